The van der Waals surface area contributed by atoms with Gasteiger partial charge in [-0.25, -0.2) is 0 Å². The first kappa shape index (κ1) is 14.9. The first-order valence-electron chi connectivity index (χ1n) is 5.72. The van der Waals surface area contributed by atoms with Crippen LogP contribution in [0.15, 0.2) is 0 Å². The summed E-state index contributed by atoms with van der Waals surface area (Å²) in [5.74, 6) is -1.11. The molecule has 1 unspecified atom stereocenters. The zero-order chi connectivity index (χ0) is 12.4. The average Bonchev–Trinajstić information content (AvgIpc) is 2.22. The number of carboxylic acid groups (broad SMARTS) is 1. The van der Waals surface area contributed by atoms with Crippen molar-refractivity contribution in [3.8, 4) is 0 Å². The number of nitrogens with two attached hydrogens (primary N) is 1. The van der Waals surface area contributed by atoms with Crippen LogP contribution in [0.25, 0.3) is 0 Å². The van der Waals surface area contributed by atoms with E-state index in [1.54, 1.807) is 6.92 Å². The highest BCUT2D eigenvalue weighted by Gasteiger charge is 2.13. The summed E-state index contributed by atoms with van der Waals surface area (Å²) in [7, 11) is 0. The molecule has 0 aliphatic rings. The maximum Gasteiger partial charge on any atom is 0.322 e. The Labute approximate surface area is 96.0 Å². The molecule has 1 atom stereocenters. The Hall–Kier alpha value is -1.10. The van der Waals surface area contributed by atoms with Crippen LogP contribution in [-0.4, -0.2) is 29.7 Å². The predicted octanol–water partition coefficient (Wildman–Crippen LogP) is 1.30. The van der Waals surface area contributed by atoms with Gasteiger partial charge >= 0.3 is 11.9 Å². The third-order valence-electron chi connectivity index (χ3n) is 2.25. The first-order chi connectivity index (χ1) is 7.57. The molecule has 16 heavy (non-hydrogen) atoms. The average molecular weight is 231 g/mol. The fourth-order valence-electron chi connectivity index (χ4n) is 1.36. The fraction of sp³-hybridized carbons (Fsp3) is 0.818. The van der Waals surface area contributed by atoms with E-state index in [4.69, 9.17) is 15.6 Å². The Morgan fingerprint density at radius 2 is 1.88 bits per heavy atom. The molecule has 0 aromatic rings. The third-order valence-corrected chi connectivity index (χ3v) is 2.25. The van der Waals surface area contributed by atoms with Crippen molar-refractivity contribution in [2.45, 2.75) is 51.5 Å². The molecule has 5 heteroatoms. The van der Waals surface area contributed by atoms with E-state index >= 15 is 0 Å². The van der Waals surface area contributed by atoms with E-state index in [9.17, 15) is 9.59 Å². The van der Waals surface area contributed by atoms with Gasteiger partial charge in [0.15, 0.2) is 0 Å². The third kappa shape index (κ3) is 8.23. The minimum Gasteiger partial charge on any atom is -0.481 e. The maximum atomic E-state index is 11.1. The van der Waals surface area contributed by atoms with Crippen molar-refractivity contribution >= 4 is 11.9 Å². The van der Waals surface area contributed by atoms with E-state index in [-0.39, 0.29) is 12.4 Å². The number of hydrogen-bond acceptors (Lipinski definition) is 4. The van der Waals surface area contributed by atoms with Crippen LogP contribution in [0, 0.1) is 0 Å². The molecule has 0 radical (unpaired) electrons. The first-order valence-corrected chi connectivity index (χ1v) is 5.72. The molecule has 0 aromatic carbocycles. The topological polar surface area (TPSA) is 89.6 Å². The van der Waals surface area contributed by atoms with Crippen LogP contribution in [0.3, 0.4) is 0 Å². The van der Waals surface area contributed by atoms with Gasteiger partial charge in [-0.3, -0.25) is 9.59 Å². The van der Waals surface area contributed by atoms with Crippen molar-refractivity contribution < 1.29 is 19.4 Å². The standard InChI is InChI=1S/C11H21NO4/c1-2-16-11(15)9(12)7-5-3-4-6-8-10(13)14/h9H,2-8,12H2,1H3,(H,13,14). The van der Waals surface area contributed by atoms with Gasteiger partial charge in [-0.1, -0.05) is 19.3 Å². The monoisotopic (exact) mass is 231 g/mol. The molecular weight excluding hydrogens is 210 g/mol. The summed E-state index contributed by atoms with van der Waals surface area (Å²) in [6.45, 7) is 2.10. The van der Waals surface area contributed by atoms with E-state index in [2.05, 4.69) is 0 Å². The molecule has 0 saturated carbocycles. The molecule has 5 nitrogen and oxygen atoms in total. The lowest BCUT2D eigenvalue weighted by atomic mass is 10.1. The Kier molecular flexibility index (Phi) is 8.52. The van der Waals surface area contributed by atoms with Gasteiger partial charge in [0.25, 0.3) is 0 Å². The number of ether oxygens (including phenoxy) is 1. The van der Waals surface area contributed by atoms with Gasteiger partial charge < -0.3 is 15.6 Å². The van der Waals surface area contributed by atoms with E-state index in [0.717, 1.165) is 19.3 Å². The number of hydrogen-bond donors (Lipinski definition) is 2. The van der Waals surface area contributed by atoms with Crippen LogP contribution < -0.4 is 5.73 Å². The Morgan fingerprint density at radius 3 is 2.44 bits per heavy atom. The number of aliphatic carboxylic acids is 1. The lowest BCUT2D eigenvalue weighted by Gasteiger charge is -2.09. The molecule has 94 valence electrons. The molecule has 0 rings (SSSR count). The van der Waals surface area contributed by atoms with Gasteiger partial charge in [-0.05, 0) is 19.8 Å². The van der Waals surface area contributed by atoms with E-state index in [0.29, 0.717) is 19.4 Å². The summed E-state index contributed by atoms with van der Waals surface area (Å²) in [5.41, 5.74) is 5.60. The van der Waals surface area contributed by atoms with Crippen LogP contribution in [-0.2, 0) is 14.3 Å². The molecule has 0 spiro atoms. The highest BCUT2D eigenvalue weighted by Crippen LogP contribution is 2.07. The van der Waals surface area contributed by atoms with E-state index in [1.807, 2.05) is 0 Å². The molecule has 0 heterocycles. The summed E-state index contributed by atoms with van der Waals surface area (Å²) >= 11 is 0. The summed E-state index contributed by atoms with van der Waals surface area (Å²) in [4.78, 5) is 21.3. The summed E-state index contributed by atoms with van der Waals surface area (Å²) in [6, 6.07) is -0.542. The highest BCUT2D eigenvalue weighted by atomic mass is 16.5. The van der Waals surface area contributed by atoms with Crippen molar-refractivity contribution in [1.29, 1.82) is 0 Å². The minimum absolute atomic E-state index is 0.212. The van der Waals surface area contributed by atoms with Gasteiger partial charge in [-0.15, -0.1) is 0 Å². The van der Waals surface area contributed by atoms with Crippen LogP contribution in [0.4, 0.5) is 0 Å². The fourth-order valence-corrected chi connectivity index (χ4v) is 1.36. The molecule has 0 saturated heterocycles. The molecule has 0 bridgehead atoms. The van der Waals surface area contributed by atoms with Crippen LogP contribution in [0.2, 0.25) is 0 Å². The number of esters is 1. The lowest BCUT2D eigenvalue weighted by Crippen LogP contribution is -2.32. The number of carbonyl (C=O) groups excluding carboxylic acids is 1. The van der Waals surface area contributed by atoms with Gasteiger partial charge in [0, 0.05) is 6.42 Å². The Balaban J connectivity index is 3.37. The number of carbonyl (C=O) groups is 2. The number of rotatable bonds is 9. The lowest BCUT2D eigenvalue weighted by molar-refractivity contribution is -0.144. The quantitative estimate of drug-likeness (QED) is 0.461. The van der Waals surface area contributed by atoms with Gasteiger partial charge in [0.05, 0.1) is 6.61 Å². The summed E-state index contributed by atoms with van der Waals surface area (Å²) in [6.07, 6.45) is 4.10. The van der Waals surface area contributed by atoms with Crippen molar-refractivity contribution in [3.05, 3.63) is 0 Å². The van der Waals surface area contributed by atoms with Gasteiger partial charge in [0.2, 0.25) is 0 Å². The molecule has 0 fully saturated rings. The maximum absolute atomic E-state index is 11.1. The van der Waals surface area contributed by atoms with Crippen LogP contribution in [0.5, 0.6) is 0 Å². The predicted molar refractivity (Wildman–Crippen MR) is 59.9 cm³/mol. The second kappa shape index (κ2) is 9.15. The van der Waals surface area contributed by atoms with Crippen molar-refractivity contribution in [1.82, 2.24) is 0 Å². The molecule has 0 amide bonds. The number of unbranched alkanes of at least 4 members (excludes halogenated alkanes) is 3. The minimum atomic E-state index is -0.761. The highest BCUT2D eigenvalue weighted by molar-refractivity contribution is 5.75. The number of carboxylic acids is 1. The molecule has 3 N–H and O–H groups in total. The van der Waals surface area contributed by atoms with Crippen molar-refractivity contribution in [3.63, 3.8) is 0 Å². The zero-order valence-corrected chi connectivity index (χ0v) is 9.78. The van der Waals surface area contributed by atoms with Gasteiger partial charge in [-0.2, -0.15) is 0 Å². The van der Waals surface area contributed by atoms with Crippen LogP contribution >= 0.6 is 0 Å². The smallest absolute Gasteiger partial charge is 0.322 e. The van der Waals surface area contributed by atoms with E-state index in [1.165, 1.54) is 0 Å². The molecule has 0 aliphatic heterocycles. The van der Waals surface area contributed by atoms with Crippen molar-refractivity contribution in [2.75, 3.05) is 6.61 Å². The molecule has 0 aliphatic carbocycles. The SMILES string of the molecule is CCOC(=O)C(N)CCCCCCC(=O)O. The van der Waals surface area contributed by atoms with Crippen molar-refractivity contribution in [2.24, 2.45) is 5.73 Å². The Morgan fingerprint density at radius 1 is 1.25 bits per heavy atom. The second-order valence-electron chi connectivity index (χ2n) is 3.71. The second-order valence-corrected chi connectivity index (χ2v) is 3.71. The zero-order valence-electron chi connectivity index (χ0n) is 9.78. The molecular formula is C11H21NO4. The van der Waals surface area contributed by atoms with Gasteiger partial charge in [0.1, 0.15) is 6.04 Å². The largest absolute Gasteiger partial charge is 0.481 e. The normalized spacial score (nSPS) is 12.1. The molecule has 0 aromatic heterocycles. The van der Waals surface area contributed by atoms with E-state index < -0.39 is 12.0 Å². The summed E-state index contributed by atoms with van der Waals surface area (Å²) < 4.78 is 4.77. The Bertz CT molecular complexity index is 218. The van der Waals surface area contributed by atoms with Crippen LogP contribution in [0.1, 0.15) is 45.4 Å². The summed E-state index contributed by atoms with van der Waals surface area (Å²) in [5, 5.41) is 8.41.